The highest BCUT2D eigenvalue weighted by molar-refractivity contribution is 7.92. The van der Waals surface area contributed by atoms with Gasteiger partial charge in [0.05, 0.1) is 21.9 Å². The molecule has 6 nitrogen and oxygen atoms in total. The Hall–Kier alpha value is -1.96. The van der Waals surface area contributed by atoms with Crippen LogP contribution in [0, 0.1) is 0 Å². The summed E-state index contributed by atoms with van der Waals surface area (Å²) in [4.78, 5) is 12.0. The predicted octanol–water partition coefficient (Wildman–Crippen LogP) is 3.60. The van der Waals surface area contributed by atoms with E-state index >= 15 is 0 Å². The molecule has 0 aliphatic heterocycles. The predicted molar refractivity (Wildman–Crippen MR) is 97.1 cm³/mol. The number of ether oxygens (including phenoxy) is 2. The number of carbonyl (C=O) groups excluding carboxylic acids is 1. The van der Waals surface area contributed by atoms with Crippen molar-refractivity contribution in [2.24, 2.45) is 0 Å². The van der Waals surface area contributed by atoms with Crippen molar-refractivity contribution >= 4 is 44.9 Å². The maximum absolute atomic E-state index is 12.0. The van der Waals surface area contributed by atoms with Crippen molar-refractivity contribution in [1.82, 2.24) is 0 Å². The molecule has 2 rings (SSSR count). The molecule has 2 aromatic rings. The number of nitrogens with one attached hydrogen (secondary N) is 1. The van der Waals surface area contributed by atoms with E-state index in [0.717, 1.165) is 6.26 Å². The Morgan fingerprint density at radius 2 is 1.72 bits per heavy atom. The molecular weight excluding hydrogens is 389 g/mol. The van der Waals surface area contributed by atoms with E-state index in [9.17, 15) is 13.2 Å². The molecule has 0 aromatic heterocycles. The van der Waals surface area contributed by atoms with Crippen molar-refractivity contribution in [3.05, 3.63) is 58.1 Å². The molecule has 1 N–H and O–H groups in total. The minimum absolute atomic E-state index is 0.0237. The SMILES string of the molecule is CS(=O)(=O)Nc1cccc(C(=O)OCCOc2c(Cl)cccc2Cl)c1. The summed E-state index contributed by atoms with van der Waals surface area (Å²) >= 11 is 11.9. The lowest BCUT2D eigenvalue weighted by atomic mass is 10.2. The maximum Gasteiger partial charge on any atom is 0.338 e. The van der Waals surface area contributed by atoms with Gasteiger partial charge in [-0.3, -0.25) is 4.72 Å². The number of halogens is 2. The maximum atomic E-state index is 12.0. The minimum Gasteiger partial charge on any atom is -0.487 e. The van der Waals surface area contributed by atoms with E-state index in [1.165, 1.54) is 18.2 Å². The molecule has 0 unspecified atom stereocenters. The quantitative estimate of drug-likeness (QED) is 0.563. The van der Waals surface area contributed by atoms with Crippen molar-refractivity contribution in [3.8, 4) is 5.75 Å². The molecule has 25 heavy (non-hydrogen) atoms. The average Bonchev–Trinajstić information content (AvgIpc) is 2.52. The molecule has 0 bridgehead atoms. The fourth-order valence-electron chi connectivity index (χ4n) is 1.91. The first kappa shape index (κ1) is 19.4. The van der Waals surface area contributed by atoms with Crippen molar-refractivity contribution in [2.75, 3.05) is 24.2 Å². The van der Waals surface area contributed by atoms with E-state index in [1.54, 1.807) is 24.3 Å². The monoisotopic (exact) mass is 403 g/mol. The van der Waals surface area contributed by atoms with Gasteiger partial charge in [0.2, 0.25) is 10.0 Å². The van der Waals surface area contributed by atoms with Gasteiger partial charge in [0.25, 0.3) is 0 Å². The van der Waals surface area contributed by atoms with Gasteiger partial charge in [-0.25, -0.2) is 13.2 Å². The lowest BCUT2D eigenvalue weighted by Crippen LogP contribution is -2.14. The van der Waals surface area contributed by atoms with Gasteiger partial charge in [0.15, 0.2) is 5.75 Å². The lowest BCUT2D eigenvalue weighted by Gasteiger charge is -2.10. The normalized spacial score (nSPS) is 11.0. The van der Waals surface area contributed by atoms with Gasteiger partial charge in [0, 0.05) is 5.69 Å². The smallest absolute Gasteiger partial charge is 0.338 e. The first-order valence-electron chi connectivity index (χ1n) is 7.08. The third kappa shape index (κ3) is 6.12. The summed E-state index contributed by atoms with van der Waals surface area (Å²) in [5.74, 6) is -0.285. The molecule has 0 saturated carbocycles. The van der Waals surface area contributed by atoms with Gasteiger partial charge in [-0.15, -0.1) is 0 Å². The number of anilines is 1. The van der Waals surface area contributed by atoms with E-state index in [0.29, 0.717) is 15.8 Å². The van der Waals surface area contributed by atoms with Crippen LogP contribution < -0.4 is 9.46 Å². The van der Waals surface area contributed by atoms with Gasteiger partial charge < -0.3 is 9.47 Å². The summed E-state index contributed by atoms with van der Waals surface area (Å²) < 4.78 is 35.2. The number of benzene rings is 2. The highest BCUT2D eigenvalue weighted by Gasteiger charge is 2.11. The summed E-state index contributed by atoms with van der Waals surface area (Å²) in [6.07, 6.45) is 1.02. The third-order valence-corrected chi connectivity index (χ3v) is 4.09. The molecule has 0 heterocycles. The molecule has 2 aromatic carbocycles. The second-order valence-corrected chi connectivity index (χ2v) is 7.55. The number of hydrogen-bond acceptors (Lipinski definition) is 5. The Balaban J connectivity index is 1.89. The molecule has 134 valence electrons. The molecule has 0 aliphatic carbocycles. The fourth-order valence-corrected chi connectivity index (χ4v) is 2.97. The van der Waals surface area contributed by atoms with Gasteiger partial charge in [0.1, 0.15) is 13.2 Å². The first-order chi connectivity index (χ1) is 11.8. The van der Waals surface area contributed by atoms with Crippen LogP contribution in [0.25, 0.3) is 0 Å². The number of rotatable bonds is 7. The summed E-state index contributed by atoms with van der Waals surface area (Å²) in [7, 11) is -3.43. The zero-order valence-electron chi connectivity index (χ0n) is 13.2. The summed E-state index contributed by atoms with van der Waals surface area (Å²) in [5.41, 5.74) is 0.487. The topological polar surface area (TPSA) is 81.7 Å². The zero-order chi connectivity index (χ0) is 18.4. The highest BCUT2D eigenvalue weighted by atomic mass is 35.5. The van der Waals surface area contributed by atoms with Crippen molar-refractivity contribution in [2.45, 2.75) is 0 Å². The van der Waals surface area contributed by atoms with Gasteiger partial charge in [-0.1, -0.05) is 35.3 Å². The zero-order valence-corrected chi connectivity index (χ0v) is 15.5. The summed E-state index contributed by atoms with van der Waals surface area (Å²) in [5, 5.41) is 0.719. The molecule has 0 spiro atoms. The van der Waals surface area contributed by atoms with Crippen LogP contribution in [-0.4, -0.2) is 33.9 Å². The Morgan fingerprint density at radius 1 is 1.08 bits per heavy atom. The van der Waals surface area contributed by atoms with Gasteiger partial charge in [-0.05, 0) is 30.3 Å². The Kier molecular flexibility index (Phi) is 6.52. The van der Waals surface area contributed by atoms with Crippen molar-refractivity contribution in [1.29, 1.82) is 0 Å². The molecular formula is C16H15Cl2NO5S. The van der Waals surface area contributed by atoms with Crippen LogP contribution in [0.2, 0.25) is 10.0 Å². The summed E-state index contributed by atoms with van der Waals surface area (Å²) in [6.45, 7) is 0.0423. The third-order valence-electron chi connectivity index (χ3n) is 2.88. The van der Waals surface area contributed by atoms with Gasteiger partial charge >= 0.3 is 5.97 Å². The van der Waals surface area contributed by atoms with Crippen LogP contribution in [0.4, 0.5) is 5.69 Å². The Morgan fingerprint density at radius 3 is 2.36 bits per heavy atom. The molecule has 0 radical (unpaired) electrons. The molecule has 0 aliphatic rings. The van der Waals surface area contributed by atoms with E-state index in [1.807, 2.05) is 0 Å². The number of sulfonamides is 1. The van der Waals surface area contributed by atoms with E-state index in [2.05, 4.69) is 4.72 Å². The van der Waals surface area contributed by atoms with Crippen LogP contribution >= 0.6 is 23.2 Å². The summed E-state index contributed by atoms with van der Waals surface area (Å²) in [6, 6.07) is 10.9. The van der Waals surface area contributed by atoms with Crippen LogP contribution in [0.1, 0.15) is 10.4 Å². The van der Waals surface area contributed by atoms with Crippen LogP contribution in [0.15, 0.2) is 42.5 Å². The largest absolute Gasteiger partial charge is 0.487 e. The number of para-hydroxylation sites is 1. The second kappa shape index (κ2) is 8.42. The number of esters is 1. The molecule has 0 saturated heterocycles. The standard InChI is InChI=1S/C16H15Cl2NO5S/c1-25(21,22)19-12-5-2-4-11(10-12)16(20)24-9-8-23-15-13(17)6-3-7-14(15)18/h2-7,10,19H,8-9H2,1H3. The Bertz CT molecular complexity index is 850. The minimum atomic E-state index is -3.43. The van der Waals surface area contributed by atoms with E-state index < -0.39 is 16.0 Å². The fraction of sp³-hybridized carbons (Fsp3) is 0.188. The van der Waals surface area contributed by atoms with E-state index in [4.69, 9.17) is 32.7 Å². The lowest BCUT2D eigenvalue weighted by molar-refractivity contribution is 0.0450. The first-order valence-corrected chi connectivity index (χ1v) is 9.73. The second-order valence-electron chi connectivity index (χ2n) is 4.99. The van der Waals surface area contributed by atoms with Gasteiger partial charge in [-0.2, -0.15) is 0 Å². The van der Waals surface area contributed by atoms with Crippen LogP contribution in [0.3, 0.4) is 0 Å². The van der Waals surface area contributed by atoms with Crippen LogP contribution in [0.5, 0.6) is 5.75 Å². The number of hydrogen-bond donors (Lipinski definition) is 1. The molecule has 0 atom stereocenters. The molecule has 0 amide bonds. The molecule has 9 heteroatoms. The highest BCUT2D eigenvalue weighted by Crippen LogP contribution is 2.32. The van der Waals surface area contributed by atoms with E-state index in [-0.39, 0.29) is 24.5 Å². The number of carbonyl (C=O) groups is 1. The van der Waals surface area contributed by atoms with Crippen LogP contribution in [-0.2, 0) is 14.8 Å². The molecule has 0 fully saturated rings. The Labute approximate surface area is 155 Å². The van der Waals surface area contributed by atoms with Crippen molar-refractivity contribution in [3.63, 3.8) is 0 Å². The average molecular weight is 404 g/mol. The van der Waals surface area contributed by atoms with Crippen molar-refractivity contribution < 1.29 is 22.7 Å².